The van der Waals surface area contributed by atoms with Crippen molar-refractivity contribution in [2.75, 3.05) is 0 Å². The Morgan fingerprint density at radius 2 is 2.08 bits per heavy atom. The van der Waals surface area contributed by atoms with Gasteiger partial charge in [-0.25, -0.2) is 0 Å². The Morgan fingerprint density at radius 3 is 2.72 bits per heavy atom. The van der Waals surface area contributed by atoms with Gasteiger partial charge in [-0.3, -0.25) is 19.7 Å². The molecule has 0 unspecified atom stereocenters. The van der Waals surface area contributed by atoms with Crippen molar-refractivity contribution in [2.24, 2.45) is 0 Å². The summed E-state index contributed by atoms with van der Waals surface area (Å²) < 4.78 is 5.23. The average Bonchev–Trinajstić information content (AvgIpc) is 2.91. The lowest BCUT2D eigenvalue weighted by Gasteiger charge is -2.11. The van der Waals surface area contributed by atoms with Crippen LogP contribution in [0, 0.1) is 0 Å². The normalized spacial score (nSPS) is 13.4. The first-order chi connectivity index (χ1) is 12.0. The fraction of sp³-hybridized carbons (Fsp3) is 0.350. The lowest BCUT2D eigenvalue weighted by atomic mass is 9.98. The first-order valence-electron chi connectivity index (χ1n) is 8.46. The number of imide groups is 1. The molecule has 0 saturated carbocycles. The number of hydrogen-bond donors (Lipinski definition) is 1. The third-order valence-corrected chi connectivity index (χ3v) is 4.07. The van der Waals surface area contributed by atoms with Gasteiger partial charge in [-0.15, -0.1) is 6.58 Å². The number of aryl methyl sites for hydroxylation is 2. The minimum atomic E-state index is -0.529. The van der Waals surface area contributed by atoms with E-state index in [1.54, 1.807) is 0 Å². The van der Waals surface area contributed by atoms with Crippen molar-refractivity contribution < 1.29 is 19.1 Å². The summed E-state index contributed by atoms with van der Waals surface area (Å²) in [4.78, 5) is 34.3. The molecular weight excluding hydrogens is 318 g/mol. The van der Waals surface area contributed by atoms with E-state index in [4.69, 9.17) is 4.74 Å². The van der Waals surface area contributed by atoms with Crippen LogP contribution >= 0.6 is 0 Å². The van der Waals surface area contributed by atoms with Gasteiger partial charge in [0.1, 0.15) is 6.61 Å². The summed E-state index contributed by atoms with van der Waals surface area (Å²) in [6, 6.07) is 6.10. The molecule has 0 saturated heterocycles. The van der Waals surface area contributed by atoms with E-state index in [1.165, 1.54) is 11.1 Å². The maximum atomic E-state index is 11.9. The van der Waals surface area contributed by atoms with Crippen molar-refractivity contribution in [1.29, 1.82) is 0 Å². The fourth-order valence-corrected chi connectivity index (χ4v) is 2.73. The third kappa shape index (κ3) is 5.41. The Labute approximate surface area is 147 Å². The molecule has 0 radical (unpaired) electrons. The highest BCUT2D eigenvalue weighted by molar-refractivity contribution is 6.17. The van der Waals surface area contributed by atoms with Crippen LogP contribution in [0.5, 0.6) is 0 Å². The predicted molar refractivity (Wildman–Crippen MR) is 94.6 cm³/mol. The van der Waals surface area contributed by atoms with Crippen LogP contribution in [-0.2, 0) is 38.6 Å². The van der Waals surface area contributed by atoms with Crippen LogP contribution in [0.1, 0.15) is 42.9 Å². The summed E-state index contributed by atoms with van der Waals surface area (Å²) in [7, 11) is 0. The smallest absolute Gasteiger partial charge is 0.310 e. The molecule has 5 nitrogen and oxygen atoms in total. The number of amides is 2. The van der Waals surface area contributed by atoms with E-state index >= 15 is 0 Å². The van der Waals surface area contributed by atoms with E-state index in [2.05, 4.69) is 31.0 Å². The second kappa shape index (κ2) is 8.97. The van der Waals surface area contributed by atoms with Crippen LogP contribution in [0.15, 0.2) is 42.5 Å². The number of nitrogens with one attached hydrogen (secondary N) is 1. The lowest BCUT2D eigenvalue weighted by molar-refractivity contribution is -0.144. The molecule has 1 heterocycles. The van der Waals surface area contributed by atoms with Gasteiger partial charge in [0.15, 0.2) is 0 Å². The van der Waals surface area contributed by atoms with Crippen molar-refractivity contribution in [2.45, 2.75) is 45.6 Å². The monoisotopic (exact) mass is 341 g/mol. The van der Waals surface area contributed by atoms with Crippen LogP contribution in [0.4, 0.5) is 0 Å². The number of carbonyl (C=O) groups excluding carboxylic acids is 3. The molecule has 1 aromatic rings. The van der Waals surface area contributed by atoms with Crippen molar-refractivity contribution in [1.82, 2.24) is 5.32 Å². The first-order valence-corrected chi connectivity index (χ1v) is 8.46. The van der Waals surface area contributed by atoms with E-state index in [1.807, 2.05) is 12.1 Å². The Morgan fingerprint density at radius 1 is 1.28 bits per heavy atom. The number of allylic oxidation sites excluding steroid dienone is 1. The highest BCUT2D eigenvalue weighted by Gasteiger charge is 2.23. The Kier molecular flexibility index (Phi) is 6.69. The molecule has 1 aliphatic heterocycles. The van der Waals surface area contributed by atoms with E-state index in [0.717, 1.165) is 37.3 Å². The second-order valence-corrected chi connectivity index (χ2v) is 5.96. The summed E-state index contributed by atoms with van der Waals surface area (Å²) in [6.07, 6.45) is 6.85. The lowest BCUT2D eigenvalue weighted by Crippen LogP contribution is -2.23. The molecule has 0 aromatic heterocycles. The van der Waals surface area contributed by atoms with Crippen molar-refractivity contribution in [3.63, 3.8) is 0 Å². The first kappa shape index (κ1) is 18.6. The van der Waals surface area contributed by atoms with Gasteiger partial charge >= 0.3 is 5.97 Å². The van der Waals surface area contributed by atoms with Gasteiger partial charge in [0.05, 0.1) is 6.42 Å². The van der Waals surface area contributed by atoms with Gasteiger partial charge in [-0.1, -0.05) is 31.2 Å². The Hall–Kier alpha value is -2.69. The van der Waals surface area contributed by atoms with Crippen LogP contribution in [0.2, 0.25) is 0 Å². The van der Waals surface area contributed by atoms with Gasteiger partial charge in [0.25, 0.3) is 11.8 Å². The number of esters is 1. The minimum Gasteiger partial charge on any atom is -0.461 e. The van der Waals surface area contributed by atoms with Crippen molar-refractivity contribution >= 4 is 17.8 Å². The third-order valence-electron chi connectivity index (χ3n) is 4.07. The van der Waals surface area contributed by atoms with E-state index in [0.29, 0.717) is 0 Å². The molecule has 0 fully saturated rings. The van der Waals surface area contributed by atoms with Crippen LogP contribution in [0.25, 0.3) is 0 Å². The van der Waals surface area contributed by atoms with Crippen LogP contribution < -0.4 is 5.32 Å². The van der Waals surface area contributed by atoms with Gasteiger partial charge in [0, 0.05) is 11.6 Å². The maximum absolute atomic E-state index is 11.9. The molecular formula is C20H23NO4. The summed E-state index contributed by atoms with van der Waals surface area (Å²) in [5.74, 6) is -1.55. The zero-order chi connectivity index (χ0) is 18.2. The number of hydrogen-bond acceptors (Lipinski definition) is 4. The molecule has 0 bridgehead atoms. The Balaban J connectivity index is 1.90. The largest absolute Gasteiger partial charge is 0.461 e. The van der Waals surface area contributed by atoms with E-state index in [-0.39, 0.29) is 18.6 Å². The number of ether oxygens (including phenoxy) is 1. The predicted octanol–water partition coefficient (Wildman–Crippen LogP) is 2.77. The van der Waals surface area contributed by atoms with Crippen molar-refractivity contribution in [3.8, 4) is 0 Å². The van der Waals surface area contributed by atoms with Gasteiger partial charge < -0.3 is 4.74 Å². The van der Waals surface area contributed by atoms with E-state index < -0.39 is 17.8 Å². The molecule has 0 atom stereocenters. The van der Waals surface area contributed by atoms with Crippen molar-refractivity contribution in [3.05, 3.63) is 59.2 Å². The summed E-state index contributed by atoms with van der Waals surface area (Å²) >= 11 is 0. The SMILES string of the molecule is C=CCCCc1ccc(COC(=O)CC2=CC(=O)NC2=O)cc1CC. The molecule has 0 aliphatic carbocycles. The van der Waals surface area contributed by atoms with E-state index in [9.17, 15) is 14.4 Å². The molecule has 5 heteroatoms. The average molecular weight is 341 g/mol. The van der Waals surface area contributed by atoms with Crippen LogP contribution in [-0.4, -0.2) is 17.8 Å². The molecule has 2 rings (SSSR count). The van der Waals surface area contributed by atoms with Gasteiger partial charge in [-0.2, -0.15) is 0 Å². The zero-order valence-corrected chi connectivity index (χ0v) is 14.5. The molecule has 25 heavy (non-hydrogen) atoms. The second-order valence-electron chi connectivity index (χ2n) is 5.96. The topological polar surface area (TPSA) is 72.5 Å². The highest BCUT2D eigenvalue weighted by atomic mass is 16.5. The molecule has 1 aromatic carbocycles. The number of benzene rings is 1. The maximum Gasteiger partial charge on any atom is 0.310 e. The molecule has 1 aliphatic rings. The number of rotatable bonds is 9. The molecule has 1 N–H and O–H groups in total. The summed E-state index contributed by atoms with van der Waals surface area (Å²) in [5.41, 5.74) is 3.62. The minimum absolute atomic E-state index is 0.141. The standard InChI is InChI=1S/C20H23NO4/c1-3-5-6-7-16-9-8-14(10-15(16)4-2)13-25-19(23)12-17-11-18(22)21-20(17)24/h3,8-11H,1,4-7,12-13H2,2H3,(H,21,22,24). The van der Waals surface area contributed by atoms with Gasteiger partial charge in [0.2, 0.25) is 0 Å². The summed E-state index contributed by atoms with van der Waals surface area (Å²) in [6.45, 7) is 5.99. The molecule has 132 valence electrons. The van der Waals surface area contributed by atoms with Gasteiger partial charge in [-0.05, 0) is 42.4 Å². The highest BCUT2D eigenvalue weighted by Crippen LogP contribution is 2.17. The summed E-state index contributed by atoms with van der Waals surface area (Å²) in [5, 5.41) is 2.10. The van der Waals surface area contributed by atoms with Crippen LogP contribution in [0.3, 0.4) is 0 Å². The number of carbonyl (C=O) groups is 3. The Bertz CT molecular complexity index is 718. The fourth-order valence-electron chi connectivity index (χ4n) is 2.73. The molecule has 0 spiro atoms. The zero-order valence-electron chi connectivity index (χ0n) is 14.5. The molecule has 2 amide bonds. The quantitative estimate of drug-likeness (QED) is 0.324. The number of unbranched alkanes of at least 4 members (excludes halogenated alkanes) is 1.